The molecule has 3 amide bonds. The third-order valence-electron chi connectivity index (χ3n) is 4.61. The van der Waals surface area contributed by atoms with E-state index in [1.807, 2.05) is 31.2 Å². The van der Waals surface area contributed by atoms with E-state index < -0.39 is 0 Å². The minimum Gasteiger partial charge on any atom is -0.338 e. The Kier molecular flexibility index (Phi) is 6.06. The molecule has 0 bridgehead atoms. The average Bonchev–Trinajstić information content (AvgIpc) is 3.49. The van der Waals surface area contributed by atoms with Gasteiger partial charge in [-0.1, -0.05) is 30.3 Å². The maximum Gasteiger partial charge on any atom is 0.315 e. The Morgan fingerprint density at radius 3 is 2.48 bits per heavy atom. The summed E-state index contributed by atoms with van der Waals surface area (Å²) in [4.78, 5) is 23.8. The fraction of sp³-hybridized carbons (Fsp3) is 0.333. The zero-order valence-corrected chi connectivity index (χ0v) is 15.3. The summed E-state index contributed by atoms with van der Waals surface area (Å²) in [6.45, 7) is 2.24. The highest BCUT2D eigenvalue weighted by Gasteiger charge is 2.29. The highest BCUT2D eigenvalue weighted by Crippen LogP contribution is 2.30. The van der Waals surface area contributed by atoms with Gasteiger partial charge in [-0.2, -0.15) is 0 Å². The molecule has 2 aromatic rings. The van der Waals surface area contributed by atoms with Gasteiger partial charge in [-0.25, -0.2) is 9.18 Å². The van der Waals surface area contributed by atoms with Gasteiger partial charge in [-0.3, -0.25) is 4.79 Å². The van der Waals surface area contributed by atoms with Crippen LogP contribution in [-0.2, 0) is 11.2 Å². The highest BCUT2D eigenvalue weighted by atomic mass is 19.1. The number of anilines is 1. The summed E-state index contributed by atoms with van der Waals surface area (Å²) in [6, 6.07) is 13.5. The molecule has 0 radical (unpaired) electrons. The second-order valence-electron chi connectivity index (χ2n) is 6.85. The largest absolute Gasteiger partial charge is 0.338 e. The molecule has 0 aliphatic heterocycles. The fourth-order valence-corrected chi connectivity index (χ4v) is 2.79. The molecule has 2 aromatic carbocycles. The molecule has 1 saturated carbocycles. The zero-order valence-electron chi connectivity index (χ0n) is 15.3. The summed E-state index contributed by atoms with van der Waals surface area (Å²) in [5, 5.41) is 8.49. The number of halogens is 1. The fourth-order valence-electron chi connectivity index (χ4n) is 2.79. The van der Waals surface area contributed by atoms with Crippen LogP contribution in [0, 0.1) is 11.7 Å². The van der Waals surface area contributed by atoms with Gasteiger partial charge in [-0.15, -0.1) is 0 Å². The van der Waals surface area contributed by atoms with Gasteiger partial charge in [0.2, 0.25) is 5.91 Å². The number of nitrogens with one attached hydrogen (secondary N) is 3. The zero-order chi connectivity index (χ0) is 19.2. The Morgan fingerprint density at radius 1 is 1.11 bits per heavy atom. The summed E-state index contributed by atoms with van der Waals surface area (Å²) in [6.07, 6.45) is 2.37. The minimum absolute atomic E-state index is 0.0724. The molecule has 1 aliphatic rings. The Morgan fingerprint density at radius 2 is 1.81 bits per heavy atom. The molecule has 1 fully saturated rings. The lowest BCUT2D eigenvalue weighted by atomic mass is 10.1. The first-order chi connectivity index (χ1) is 13.0. The first-order valence-corrected chi connectivity index (χ1v) is 9.21. The van der Waals surface area contributed by atoms with E-state index in [1.54, 1.807) is 18.2 Å². The number of amides is 3. The van der Waals surface area contributed by atoms with Gasteiger partial charge in [-0.05, 0) is 55.5 Å². The van der Waals surface area contributed by atoms with E-state index >= 15 is 0 Å². The van der Waals surface area contributed by atoms with Crippen LogP contribution in [0.1, 0.15) is 36.9 Å². The average molecular weight is 369 g/mol. The van der Waals surface area contributed by atoms with E-state index in [9.17, 15) is 14.0 Å². The van der Waals surface area contributed by atoms with Crippen LogP contribution in [0.25, 0.3) is 0 Å². The lowest BCUT2D eigenvalue weighted by molar-refractivity contribution is -0.117. The molecule has 6 heteroatoms. The van der Waals surface area contributed by atoms with Crippen molar-refractivity contribution in [3.63, 3.8) is 0 Å². The predicted octanol–water partition coefficient (Wildman–Crippen LogP) is 3.78. The maximum absolute atomic E-state index is 13.6. The third kappa shape index (κ3) is 5.54. The van der Waals surface area contributed by atoms with E-state index in [2.05, 4.69) is 16.0 Å². The Hall–Kier alpha value is -2.89. The number of carbonyl (C=O) groups is 2. The standard InChI is InChI=1S/C21H24FN3O2/c1-14(15-8-10-18(11-9-15)25-20(26)17-6-7-17)24-21(27)23-13-12-16-4-2-3-5-19(16)22/h2-5,8-11,14,17H,6-7,12-13H2,1H3,(H,25,26)(H2,23,24,27)/t14-/m0/s1. The smallest absolute Gasteiger partial charge is 0.315 e. The van der Waals surface area contributed by atoms with E-state index in [0.29, 0.717) is 18.5 Å². The van der Waals surface area contributed by atoms with Crippen LogP contribution in [-0.4, -0.2) is 18.5 Å². The SMILES string of the molecule is C[C@H](NC(=O)NCCc1ccccc1F)c1ccc(NC(=O)C2CC2)cc1. The second-order valence-corrected chi connectivity index (χ2v) is 6.85. The highest BCUT2D eigenvalue weighted by molar-refractivity contribution is 5.94. The predicted molar refractivity (Wildman–Crippen MR) is 103 cm³/mol. The van der Waals surface area contributed by atoms with Crippen LogP contribution < -0.4 is 16.0 Å². The van der Waals surface area contributed by atoms with Gasteiger partial charge in [0, 0.05) is 18.2 Å². The Balaban J connectivity index is 1.43. The maximum atomic E-state index is 13.6. The van der Waals surface area contributed by atoms with Crippen molar-refractivity contribution in [3.8, 4) is 0 Å². The van der Waals surface area contributed by atoms with Gasteiger partial charge >= 0.3 is 6.03 Å². The van der Waals surface area contributed by atoms with Crippen molar-refractivity contribution in [2.75, 3.05) is 11.9 Å². The number of carbonyl (C=O) groups excluding carboxylic acids is 2. The van der Waals surface area contributed by atoms with E-state index in [0.717, 1.165) is 24.1 Å². The van der Waals surface area contributed by atoms with Crippen LogP contribution >= 0.6 is 0 Å². The molecule has 3 rings (SSSR count). The van der Waals surface area contributed by atoms with Gasteiger partial charge in [0.1, 0.15) is 5.82 Å². The quantitative estimate of drug-likeness (QED) is 0.695. The summed E-state index contributed by atoms with van der Waals surface area (Å²) < 4.78 is 13.6. The van der Waals surface area contributed by atoms with Crippen molar-refractivity contribution < 1.29 is 14.0 Å². The summed E-state index contributed by atoms with van der Waals surface area (Å²) in [5.41, 5.74) is 2.27. The molecule has 142 valence electrons. The van der Waals surface area contributed by atoms with Gasteiger partial charge in [0.25, 0.3) is 0 Å². The van der Waals surface area contributed by atoms with Crippen molar-refractivity contribution in [3.05, 3.63) is 65.5 Å². The molecule has 5 nitrogen and oxygen atoms in total. The Labute approximate surface area is 158 Å². The van der Waals surface area contributed by atoms with Crippen LogP contribution in [0.5, 0.6) is 0 Å². The summed E-state index contributed by atoms with van der Waals surface area (Å²) in [5.74, 6) is -0.0246. The van der Waals surface area contributed by atoms with Gasteiger partial charge in [0.15, 0.2) is 0 Å². The molecule has 0 aromatic heterocycles. The number of hydrogen-bond acceptors (Lipinski definition) is 2. The number of urea groups is 1. The molecule has 0 unspecified atom stereocenters. The normalized spacial score (nSPS) is 14.3. The molecular weight excluding hydrogens is 345 g/mol. The van der Waals surface area contributed by atoms with E-state index in [-0.39, 0.29) is 29.7 Å². The van der Waals surface area contributed by atoms with Crippen molar-refractivity contribution in [1.82, 2.24) is 10.6 Å². The summed E-state index contributed by atoms with van der Waals surface area (Å²) in [7, 11) is 0. The third-order valence-corrected chi connectivity index (χ3v) is 4.61. The number of rotatable bonds is 7. The van der Waals surface area contributed by atoms with Crippen LogP contribution in [0.15, 0.2) is 48.5 Å². The van der Waals surface area contributed by atoms with Crippen molar-refractivity contribution in [2.24, 2.45) is 5.92 Å². The molecule has 0 saturated heterocycles. The summed E-state index contributed by atoms with van der Waals surface area (Å²) >= 11 is 0. The first-order valence-electron chi connectivity index (χ1n) is 9.21. The topological polar surface area (TPSA) is 70.2 Å². The van der Waals surface area contributed by atoms with E-state index in [4.69, 9.17) is 0 Å². The molecule has 1 aliphatic carbocycles. The molecule has 0 spiro atoms. The molecular formula is C21H24FN3O2. The van der Waals surface area contributed by atoms with Crippen molar-refractivity contribution >= 4 is 17.6 Å². The molecule has 0 heterocycles. The van der Waals surface area contributed by atoms with Crippen LogP contribution in [0.4, 0.5) is 14.9 Å². The lowest BCUT2D eigenvalue weighted by Gasteiger charge is -2.16. The van der Waals surface area contributed by atoms with E-state index in [1.165, 1.54) is 6.07 Å². The lowest BCUT2D eigenvalue weighted by Crippen LogP contribution is -2.38. The number of hydrogen-bond donors (Lipinski definition) is 3. The van der Waals surface area contributed by atoms with Crippen molar-refractivity contribution in [1.29, 1.82) is 0 Å². The molecule has 1 atom stereocenters. The van der Waals surface area contributed by atoms with Crippen molar-refractivity contribution in [2.45, 2.75) is 32.2 Å². The molecule has 3 N–H and O–H groups in total. The first kappa shape index (κ1) is 18.9. The monoisotopic (exact) mass is 369 g/mol. The van der Waals surface area contributed by atoms with Gasteiger partial charge < -0.3 is 16.0 Å². The van der Waals surface area contributed by atoms with Crippen LogP contribution in [0.2, 0.25) is 0 Å². The Bertz CT molecular complexity index is 803. The van der Waals surface area contributed by atoms with Gasteiger partial charge in [0.05, 0.1) is 6.04 Å². The second kappa shape index (κ2) is 8.66. The number of benzene rings is 2. The molecule has 27 heavy (non-hydrogen) atoms. The minimum atomic E-state index is -0.301. The van der Waals surface area contributed by atoms with Crippen LogP contribution in [0.3, 0.4) is 0 Å².